The molecule has 1 fully saturated rings. The van der Waals surface area contributed by atoms with E-state index < -0.39 is 5.54 Å². The molecule has 0 aromatic heterocycles. The van der Waals surface area contributed by atoms with Crippen LogP contribution in [-0.2, 0) is 9.59 Å². The lowest BCUT2D eigenvalue weighted by Crippen LogP contribution is -2.59. The zero-order valence-corrected chi connectivity index (χ0v) is 16.6. The summed E-state index contributed by atoms with van der Waals surface area (Å²) in [7, 11) is 0. The Kier molecular flexibility index (Phi) is 8.01. The smallest absolute Gasteiger partial charge is 0.245 e. The molecule has 0 spiro atoms. The number of carbonyl (C=O) groups is 3. The molecular formula is C22H32N2O3. The number of aryl methyl sites for hydroxylation is 1. The summed E-state index contributed by atoms with van der Waals surface area (Å²) in [5, 5.41) is 5.95. The van der Waals surface area contributed by atoms with Gasteiger partial charge >= 0.3 is 0 Å². The summed E-state index contributed by atoms with van der Waals surface area (Å²) in [4.78, 5) is 37.5. The van der Waals surface area contributed by atoms with Gasteiger partial charge in [-0.2, -0.15) is 0 Å². The van der Waals surface area contributed by atoms with E-state index >= 15 is 0 Å². The first-order valence-corrected chi connectivity index (χ1v) is 10.2. The van der Waals surface area contributed by atoms with E-state index in [-0.39, 0.29) is 30.4 Å². The first-order chi connectivity index (χ1) is 13.0. The van der Waals surface area contributed by atoms with Crippen molar-refractivity contribution >= 4 is 17.6 Å². The van der Waals surface area contributed by atoms with Gasteiger partial charge in [-0.25, -0.2) is 0 Å². The Morgan fingerprint density at radius 1 is 1.00 bits per heavy atom. The number of hydrogen-bond donors (Lipinski definition) is 2. The molecule has 1 saturated carbocycles. The summed E-state index contributed by atoms with van der Waals surface area (Å²) in [6.45, 7) is 4.69. The Labute approximate surface area is 162 Å². The van der Waals surface area contributed by atoms with E-state index in [1.807, 2.05) is 19.1 Å². The predicted molar refractivity (Wildman–Crippen MR) is 107 cm³/mol. The van der Waals surface area contributed by atoms with Gasteiger partial charge in [0.05, 0.1) is 0 Å². The average molecular weight is 373 g/mol. The standard InChI is InChI=1S/C22H32N2O3/c1-3-4-16-23-21(27)22(14-6-5-7-15-22)24-20(26)13-12-19(25)18-10-8-17(2)9-11-18/h8-11H,3-7,12-16H2,1-2H3,(H,23,27)(H,24,26). The molecule has 2 amide bonds. The zero-order chi connectivity index (χ0) is 19.7. The molecule has 1 aromatic carbocycles. The molecule has 0 unspecified atom stereocenters. The molecule has 0 bridgehead atoms. The van der Waals surface area contributed by atoms with Crippen LogP contribution in [0.4, 0.5) is 0 Å². The summed E-state index contributed by atoms with van der Waals surface area (Å²) in [6.07, 6.45) is 6.51. The van der Waals surface area contributed by atoms with Crippen molar-refractivity contribution in [2.45, 2.75) is 77.2 Å². The second-order valence-electron chi connectivity index (χ2n) is 7.59. The Morgan fingerprint density at radius 2 is 1.67 bits per heavy atom. The van der Waals surface area contributed by atoms with Gasteiger partial charge in [0.15, 0.2) is 5.78 Å². The molecule has 2 N–H and O–H groups in total. The van der Waals surface area contributed by atoms with Crippen molar-refractivity contribution in [2.24, 2.45) is 0 Å². The van der Waals surface area contributed by atoms with Crippen LogP contribution in [0.15, 0.2) is 24.3 Å². The molecule has 1 aromatic rings. The molecule has 1 aliphatic carbocycles. The SMILES string of the molecule is CCCCNC(=O)C1(NC(=O)CCC(=O)c2ccc(C)cc2)CCCCC1. The summed E-state index contributed by atoms with van der Waals surface area (Å²) in [6, 6.07) is 7.37. The van der Waals surface area contributed by atoms with Crippen molar-refractivity contribution in [2.75, 3.05) is 6.54 Å². The maximum absolute atomic E-state index is 12.7. The van der Waals surface area contributed by atoms with Gasteiger partial charge in [0, 0.05) is 24.9 Å². The average Bonchev–Trinajstić information content (AvgIpc) is 2.67. The monoisotopic (exact) mass is 372 g/mol. The highest BCUT2D eigenvalue weighted by atomic mass is 16.2. The van der Waals surface area contributed by atoms with Gasteiger partial charge in [-0.3, -0.25) is 14.4 Å². The summed E-state index contributed by atoms with van der Waals surface area (Å²) >= 11 is 0. The molecule has 148 valence electrons. The number of ketones is 1. The number of Topliss-reactive ketones (excluding diaryl/α,β-unsaturated/α-hetero) is 1. The fourth-order valence-electron chi connectivity index (χ4n) is 3.55. The number of nitrogens with one attached hydrogen (secondary N) is 2. The minimum atomic E-state index is -0.810. The van der Waals surface area contributed by atoms with Crippen LogP contribution in [0.1, 0.15) is 80.6 Å². The number of rotatable bonds is 9. The van der Waals surface area contributed by atoms with Crippen molar-refractivity contribution in [1.82, 2.24) is 10.6 Å². The maximum Gasteiger partial charge on any atom is 0.245 e. The number of carbonyl (C=O) groups excluding carboxylic acids is 3. The lowest BCUT2D eigenvalue weighted by Gasteiger charge is -2.36. The van der Waals surface area contributed by atoms with E-state index in [1.54, 1.807) is 12.1 Å². The predicted octanol–water partition coefficient (Wildman–Crippen LogP) is 3.69. The molecule has 0 atom stereocenters. The Hall–Kier alpha value is -2.17. The quantitative estimate of drug-likeness (QED) is 0.513. The third kappa shape index (κ3) is 6.19. The summed E-state index contributed by atoms with van der Waals surface area (Å²) in [5.41, 5.74) is 0.909. The Balaban J connectivity index is 1.92. The third-order valence-corrected chi connectivity index (χ3v) is 5.29. The number of unbranched alkanes of at least 4 members (excludes halogenated alkanes) is 1. The van der Waals surface area contributed by atoms with Crippen LogP contribution >= 0.6 is 0 Å². The molecular weight excluding hydrogens is 340 g/mol. The van der Waals surface area contributed by atoms with E-state index in [9.17, 15) is 14.4 Å². The molecule has 2 rings (SSSR count). The van der Waals surface area contributed by atoms with Crippen LogP contribution in [0.2, 0.25) is 0 Å². The van der Waals surface area contributed by atoms with Gasteiger partial charge in [-0.05, 0) is 26.2 Å². The minimum Gasteiger partial charge on any atom is -0.354 e. The maximum atomic E-state index is 12.7. The molecule has 0 saturated heterocycles. The highest BCUT2D eigenvalue weighted by Crippen LogP contribution is 2.28. The number of amides is 2. The van der Waals surface area contributed by atoms with Crippen LogP contribution in [0.25, 0.3) is 0 Å². The van der Waals surface area contributed by atoms with Crippen molar-refractivity contribution in [3.8, 4) is 0 Å². The molecule has 0 heterocycles. The van der Waals surface area contributed by atoms with Crippen molar-refractivity contribution < 1.29 is 14.4 Å². The molecule has 27 heavy (non-hydrogen) atoms. The zero-order valence-electron chi connectivity index (χ0n) is 16.6. The molecule has 5 heteroatoms. The van der Waals surface area contributed by atoms with Crippen LogP contribution < -0.4 is 10.6 Å². The van der Waals surface area contributed by atoms with Crippen molar-refractivity contribution in [3.05, 3.63) is 35.4 Å². The summed E-state index contributed by atoms with van der Waals surface area (Å²) < 4.78 is 0. The fourth-order valence-corrected chi connectivity index (χ4v) is 3.55. The lowest BCUT2D eigenvalue weighted by molar-refractivity contribution is -0.135. The van der Waals surface area contributed by atoms with E-state index in [0.717, 1.165) is 37.7 Å². The van der Waals surface area contributed by atoms with Crippen LogP contribution in [0.3, 0.4) is 0 Å². The Bertz CT molecular complexity index is 646. The van der Waals surface area contributed by atoms with Gasteiger partial charge in [0.2, 0.25) is 11.8 Å². The van der Waals surface area contributed by atoms with Gasteiger partial charge < -0.3 is 10.6 Å². The van der Waals surface area contributed by atoms with Gasteiger partial charge in [-0.1, -0.05) is 62.4 Å². The highest BCUT2D eigenvalue weighted by molar-refractivity contribution is 5.98. The van der Waals surface area contributed by atoms with Gasteiger partial charge in [0.1, 0.15) is 5.54 Å². The molecule has 0 aliphatic heterocycles. The van der Waals surface area contributed by atoms with E-state index in [2.05, 4.69) is 17.6 Å². The fraction of sp³-hybridized carbons (Fsp3) is 0.591. The second kappa shape index (κ2) is 10.2. The van der Waals surface area contributed by atoms with Crippen molar-refractivity contribution in [3.63, 3.8) is 0 Å². The van der Waals surface area contributed by atoms with Gasteiger partial charge in [-0.15, -0.1) is 0 Å². The molecule has 0 radical (unpaired) electrons. The van der Waals surface area contributed by atoms with E-state index in [0.29, 0.717) is 24.9 Å². The largest absolute Gasteiger partial charge is 0.354 e. The molecule has 5 nitrogen and oxygen atoms in total. The first kappa shape index (κ1) is 21.1. The van der Waals surface area contributed by atoms with Crippen LogP contribution in [0.5, 0.6) is 0 Å². The molecule has 1 aliphatic rings. The van der Waals surface area contributed by atoms with Crippen LogP contribution in [0, 0.1) is 6.92 Å². The minimum absolute atomic E-state index is 0.0461. The van der Waals surface area contributed by atoms with E-state index in [1.165, 1.54) is 0 Å². The van der Waals surface area contributed by atoms with Crippen LogP contribution in [-0.4, -0.2) is 29.7 Å². The number of benzene rings is 1. The lowest BCUT2D eigenvalue weighted by atomic mass is 9.80. The normalized spacial score (nSPS) is 15.8. The van der Waals surface area contributed by atoms with Gasteiger partial charge in [0.25, 0.3) is 0 Å². The second-order valence-corrected chi connectivity index (χ2v) is 7.59. The topological polar surface area (TPSA) is 75.3 Å². The number of hydrogen-bond acceptors (Lipinski definition) is 3. The summed E-state index contributed by atoms with van der Waals surface area (Å²) in [5.74, 6) is -0.341. The third-order valence-electron chi connectivity index (χ3n) is 5.29. The Morgan fingerprint density at radius 3 is 2.30 bits per heavy atom. The van der Waals surface area contributed by atoms with E-state index in [4.69, 9.17) is 0 Å². The first-order valence-electron chi connectivity index (χ1n) is 10.2. The van der Waals surface area contributed by atoms with Crippen molar-refractivity contribution in [1.29, 1.82) is 0 Å². The highest BCUT2D eigenvalue weighted by Gasteiger charge is 2.40.